The number of likely N-dealkylation sites (tertiary alicyclic amines) is 1. The van der Waals surface area contributed by atoms with Crippen LogP contribution in [0.25, 0.3) is 11.0 Å². The van der Waals surface area contributed by atoms with Crippen LogP contribution in [0.5, 0.6) is 0 Å². The monoisotopic (exact) mass is 400 g/mol. The molecule has 0 radical (unpaired) electrons. The van der Waals surface area contributed by atoms with Crippen molar-refractivity contribution in [2.45, 2.75) is 31.1 Å². The van der Waals surface area contributed by atoms with Crippen molar-refractivity contribution in [1.29, 1.82) is 0 Å². The zero-order chi connectivity index (χ0) is 20.0. The Kier molecular flexibility index (Phi) is 4.91. The second-order valence-corrected chi connectivity index (χ2v) is 8.50. The highest BCUT2D eigenvalue weighted by Crippen LogP contribution is 2.24. The third-order valence-corrected chi connectivity index (χ3v) is 6.73. The summed E-state index contributed by atoms with van der Waals surface area (Å²) in [6.45, 7) is 5.44. The summed E-state index contributed by atoms with van der Waals surface area (Å²) in [7, 11) is 2.08. The number of rotatable bonds is 3. The van der Waals surface area contributed by atoms with E-state index in [1.54, 1.807) is 4.90 Å². The van der Waals surface area contributed by atoms with E-state index < -0.39 is 6.17 Å². The van der Waals surface area contributed by atoms with Crippen LogP contribution in [0, 0.1) is 0 Å². The molecule has 4 heterocycles. The van der Waals surface area contributed by atoms with Crippen molar-refractivity contribution < 1.29 is 9.18 Å². The van der Waals surface area contributed by atoms with Crippen molar-refractivity contribution in [3.63, 3.8) is 0 Å². The van der Waals surface area contributed by atoms with Gasteiger partial charge in [0, 0.05) is 52.4 Å². The molecule has 0 bridgehead atoms. The van der Waals surface area contributed by atoms with Crippen molar-refractivity contribution in [3.8, 4) is 0 Å². The standard InChI is InChI=1S/C21H29FN6O/c1-25-19-5-3-2-4-17(19)24-21(25)27-10-8-26(9-11-27)16-12-18(23-13-16)20(29)28-7-6-15(22)14-28/h2-5,15-16,18,23H,6-14H2,1H3/t15?,16-,18-/m0/s1. The molecule has 3 aliphatic rings. The molecule has 5 rings (SSSR count). The van der Waals surface area contributed by atoms with Crippen molar-refractivity contribution in [3.05, 3.63) is 24.3 Å². The molecule has 1 unspecified atom stereocenters. The minimum atomic E-state index is -0.855. The zero-order valence-electron chi connectivity index (χ0n) is 16.9. The lowest BCUT2D eigenvalue weighted by Gasteiger charge is -2.38. The minimum absolute atomic E-state index is 0.0750. The summed E-state index contributed by atoms with van der Waals surface area (Å²) in [4.78, 5) is 24.0. The van der Waals surface area contributed by atoms with Crippen LogP contribution in [0.2, 0.25) is 0 Å². The average Bonchev–Trinajstić information content (AvgIpc) is 3.47. The van der Waals surface area contributed by atoms with E-state index in [1.165, 1.54) is 0 Å². The van der Waals surface area contributed by atoms with Gasteiger partial charge in [0.05, 0.1) is 23.6 Å². The van der Waals surface area contributed by atoms with Gasteiger partial charge in [0.2, 0.25) is 11.9 Å². The predicted molar refractivity (Wildman–Crippen MR) is 111 cm³/mol. The van der Waals surface area contributed by atoms with Crippen molar-refractivity contribution >= 4 is 22.9 Å². The lowest BCUT2D eigenvalue weighted by Crippen LogP contribution is -2.51. The number of aromatic nitrogens is 2. The van der Waals surface area contributed by atoms with E-state index in [1.807, 2.05) is 12.1 Å². The fourth-order valence-corrected chi connectivity index (χ4v) is 5.02. The first kappa shape index (κ1) is 18.8. The van der Waals surface area contributed by atoms with E-state index >= 15 is 0 Å². The topological polar surface area (TPSA) is 56.6 Å². The Hall–Kier alpha value is -2.19. The molecule has 156 valence electrons. The van der Waals surface area contributed by atoms with Gasteiger partial charge in [-0.2, -0.15) is 0 Å². The summed E-state index contributed by atoms with van der Waals surface area (Å²) in [5.74, 6) is 1.10. The van der Waals surface area contributed by atoms with Crippen LogP contribution in [0.15, 0.2) is 24.3 Å². The van der Waals surface area contributed by atoms with Gasteiger partial charge >= 0.3 is 0 Å². The van der Waals surface area contributed by atoms with E-state index in [0.717, 1.165) is 56.1 Å². The maximum Gasteiger partial charge on any atom is 0.239 e. The van der Waals surface area contributed by atoms with Gasteiger partial charge in [0.1, 0.15) is 6.17 Å². The van der Waals surface area contributed by atoms with Gasteiger partial charge < -0.3 is 19.7 Å². The molecule has 2 aromatic rings. The smallest absolute Gasteiger partial charge is 0.239 e. The highest BCUT2D eigenvalue weighted by atomic mass is 19.1. The first-order chi connectivity index (χ1) is 14.1. The number of nitrogens with zero attached hydrogens (tertiary/aromatic N) is 5. The number of anilines is 1. The Morgan fingerprint density at radius 3 is 2.69 bits per heavy atom. The lowest BCUT2D eigenvalue weighted by molar-refractivity contribution is -0.132. The molecule has 3 aliphatic heterocycles. The van der Waals surface area contributed by atoms with Crippen LogP contribution in [-0.4, -0.2) is 89.3 Å². The van der Waals surface area contributed by atoms with Gasteiger partial charge in [-0.25, -0.2) is 9.37 Å². The molecule has 7 nitrogen and oxygen atoms in total. The molecule has 29 heavy (non-hydrogen) atoms. The summed E-state index contributed by atoms with van der Waals surface area (Å²) in [6, 6.07) is 8.44. The highest BCUT2D eigenvalue weighted by molar-refractivity contribution is 5.82. The summed E-state index contributed by atoms with van der Waals surface area (Å²) in [5.41, 5.74) is 2.19. The number of benzene rings is 1. The van der Waals surface area contributed by atoms with Gasteiger partial charge in [-0.15, -0.1) is 0 Å². The SMILES string of the molecule is Cn1c(N2CCN([C@@H]3CN[C@H](C(=O)N4CCC(F)C4)C3)CC2)nc2ccccc21. The molecule has 8 heteroatoms. The number of alkyl halides is 1. The summed E-state index contributed by atoms with van der Waals surface area (Å²) in [6.07, 6.45) is 0.442. The third-order valence-electron chi connectivity index (χ3n) is 6.73. The van der Waals surface area contributed by atoms with Crippen molar-refractivity contribution in [2.75, 3.05) is 50.7 Å². The number of halogens is 1. The van der Waals surface area contributed by atoms with Crippen LogP contribution in [0.4, 0.5) is 10.3 Å². The summed E-state index contributed by atoms with van der Waals surface area (Å²) < 4.78 is 15.6. The number of para-hydroxylation sites is 2. The molecule has 1 amide bonds. The predicted octanol–water partition coefficient (Wildman–Crippen LogP) is 0.996. The molecule has 0 saturated carbocycles. The Balaban J connectivity index is 1.18. The van der Waals surface area contributed by atoms with Gasteiger partial charge in [-0.05, 0) is 25.0 Å². The Morgan fingerprint density at radius 2 is 1.97 bits per heavy atom. The Labute approximate surface area is 170 Å². The molecule has 0 aliphatic carbocycles. The van der Waals surface area contributed by atoms with Gasteiger partial charge in [-0.3, -0.25) is 9.69 Å². The Morgan fingerprint density at radius 1 is 1.17 bits per heavy atom. The molecule has 3 atom stereocenters. The number of nitrogens with one attached hydrogen (secondary N) is 1. The van der Waals surface area contributed by atoms with E-state index in [0.29, 0.717) is 19.0 Å². The number of piperazine rings is 1. The zero-order valence-corrected chi connectivity index (χ0v) is 16.9. The number of amides is 1. The molecular weight excluding hydrogens is 371 g/mol. The molecular formula is C21H29FN6O. The summed E-state index contributed by atoms with van der Waals surface area (Å²) >= 11 is 0. The van der Waals surface area contributed by atoms with Crippen molar-refractivity contribution in [1.82, 2.24) is 24.7 Å². The van der Waals surface area contributed by atoms with E-state index in [-0.39, 0.29) is 18.5 Å². The molecule has 1 aromatic carbocycles. The number of carbonyl (C=O) groups is 1. The van der Waals surface area contributed by atoms with Gasteiger partial charge in [-0.1, -0.05) is 12.1 Å². The minimum Gasteiger partial charge on any atom is -0.340 e. The quantitative estimate of drug-likeness (QED) is 0.833. The molecule has 1 aromatic heterocycles. The van der Waals surface area contributed by atoms with Crippen LogP contribution in [0.3, 0.4) is 0 Å². The molecule has 3 fully saturated rings. The normalized spacial score (nSPS) is 28.6. The van der Waals surface area contributed by atoms with Crippen LogP contribution < -0.4 is 10.2 Å². The second kappa shape index (κ2) is 7.57. The van der Waals surface area contributed by atoms with E-state index in [2.05, 4.69) is 38.9 Å². The Bertz CT molecular complexity index is 892. The first-order valence-electron chi connectivity index (χ1n) is 10.7. The van der Waals surface area contributed by atoms with Gasteiger partial charge in [0.15, 0.2) is 0 Å². The van der Waals surface area contributed by atoms with Crippen LogP contribution in [0.1, 0.15) is 12.8 Å². The number of fused-ring (bicyclic) bond motifs is 1. The molecule has 0 spiro atoms. The maximum atomic E-state index is 13.4. The lowest BCUT2D eigenvalue weighted by atomic mass is 10.1. The highest BCUT2D eigenvalue weighted by Gasteiger charge is 2.38. The summed E-state index contributed by atoms with van der Waals surface area (Å²) in [5, 5.41) is 3.38. The number of aryl methyl sites for hydroxylation is 1. The largest absolute Gasteiger partial charge is 0.340 e. The van der Waals surface area contributed by atoms with Crippen LogP contribution >= 0.6 is 0 Å². The fourth-order valence-electron chi connectivity index (χ4n) is 5.02. The number of hydrogen-bond donors (Lipinski definition) is 1. The fraction of sp³-hybridized carbons (Fsp3) is 0.619. The van der Waals surface area contributed by atoms with Gasteiger partial charge in [0.25, 0.3) is 0 Å². The number of carbonyl (C=O) groups excluding carboxylic acids is 1. The van der Waals surface area contributed by atoms with Crippen molar-refractivity contribution in [2.24, 2.45) is 7.05 Å². The first-order valence-corrected chi connectivity index (χ1v) is 10.7. The van der Waals surface area contributed by atoms with E-state index in [9.17, 15) is 9.18 Å². The number of hydrogen-bond acceptors (Lipinski definition) is 5. The van der Waals surface area contributed by atoms with E-state index in [4.69, 9.17) is 4.98 Å². The second-order valence-electron chi connectivity index (χ2n) is 8.50. The number of imidazole rings is 1. The maximum absolute atomic E-state index is 13.4. The molecule has 3 saturated heterocycles. The molecule has 1 N–H and O–H groups in total. The van der Waals surface area contributed by atoms with Crippen LogP contribution in [-0.2, 0) is 11.8 Å². The third kappa shape index (κ3) is 3.48. The average molecular weight is 401 g/mol.